The van der Waals surface area contributed by atoms with E-state index in [1.54, 1.807) is 27.7 Å². The van der Waals surface area contributed by atoms with Crippen molar-refractivity contribution < 1.29 is 42.0 Å². The Hall–Kier alpha value is -0.820. The third kappa shape index (κ3) is 3.17. The van der Waals surface area contributed by atoms with Crippen molar-refractivity contribution in [2.45, 2.75) is 116 Å². The van der Waals surface area contributed by atoms with Crippen LogP contribution in [0.2, 0.25) is 0 Å². The van der Waals surface area contributed by atoms with Gasteiger partial charge in [-0.15, -0.1) is 0 Å². The number of sulfonamides is 1. The van der Waals surface area contributed by atoms with Crippen LogP contribution in [0.25, 0.3) is 0 Å². The number of rotatable bonds is 3. The molecule has 4 aliphatic heterocycles. The van der Waals surface area contributed by atoms with Crippen LogP contribution in [0.15, 0.2) is 0 Å². The van der Waals surface area contributed by atoms with E-state index in [2.05, 4.69) is 13.8 Å². The topological polar surface area (TPSA) is 121 Å². The molecule has 11 heteroatoms. The number of hydrogen-bond acceptors (Lipinski definition) is 9. The van der Waals surface area contributed by atoms with Crippen molar-refractivity contribution in [3.63, 3.8) is 0 Å². The van der Waals surface area contributed by atoms with E-state index in [1.165, 1.54) is 6.92 Å². The molecule has 10 nitrogen and oxygen atoms in total. The lowest BCUT2D eigenvalue weighted by molar-refractivity contribution is -0.299. The molecule has 2 aliphatic carbocycles. The van der Waals surface area contributed by atoms with Crippen molar-refractivity contribution in [2.24, 2.45) is 22.7 Å². The third-order valence-electron chi connectivity index (χ3n) is 10.2. The molecule has 6 rings (SSSR count). The second-order valence-electron chi connectivity index (χ2n) is 13.2. The summed E-state index contributed by atoms with van der Waals surface area (Å²) in [6.45, 7) is 13.1. The molecule has 36 heavy (non-hydrogen) atoms. The maximum atomic E-state index is 14.0. The van der Waals surface area contributed by atoms with Gasteiger partial charge in [-0.3, -0.25) is 4.79 Å². The third-order valence-corrected chi connectivity index (χ3v) is 12.1. The molecule has 1 spiro atoms. The van der Waals surface area contributed by atoms with E-state index < -0.39 is 75.1 Å². The summed E-state index contributed by atoms with van der Waals surface area (Å²) in [5.41, 5.74) is -0.620. The lowest BCUT2D eigenvalue weighted by Gasteiger charge is -2.39. The van der Waals surface area contributed by atoms with Crippen molar-refractivity contribution in [3.8, 4) is 0 Å². The van der Waals surface area contributed by atoms with Crippen LogP contribution in [0, 0.1) is 22.7 Å². The number of hydrogen-bond donors (Lipinski definition) is 1. The molecule has 6 aliphatic rings. The van der Waals surface area contributed by atoms with E-state index in [0.717, 1.165) is 17.1 Å². The quantitative estimate of drug-likeness (QED) is 0.583. The Bertz CT molecular complexity index is 1090. The zero-order valence-corrected chi connectivity index (χ0v) is 23.0. The molecule has 1 amide bonds. The van der Waals surface area contributed by atoms with E-state index in [4.69, 9.17) is 23.7 Å². The second-order valence-corrected chi connectivity index (χ2v) is 15.0. The monoisotopic (exact) mass is 529 g/mol. The van der Waals surface area contributed by atoms with Crippen LogP contribution in [0.4, 0.5) is 0 Å². The van der Waals surface area contributed by atoms with Gasteiger partial charge in [0, 0.05) is 5.41 Å². The molecular formula is C25H39NO9S. The first kappa shape index (κ1) is 25.5. The van der Waals surface area contributed by atoms with Crippen molar-refractivity contribution >= 4 is 15.9 Å². The molecule has 9 atom stereocenters. The molecule has 1 N–H and O–H groups in total. The van der Waals surface area contributed by atoms with Gasteiger partial charge in [0.15, 0.2) is 11.6 Å². The first-order valence-corrected chi connectivity index (χ1v) is 14.7. The first-order valence-electron chi connectivity index (χ1n) is 13.1. The smallest absolute Gasteiger partial charge is 0.244 e. The molecular weight excluding hydrogens is 490 g/mol. The molecule has 204 valence electrons. The van der Waals surface area contributed by atoms with Gasteiger partial charge in [-0.05, 0) is 65.2 Å². The summed E-state index contributed by atoms with van der Waals surface area (Å²) in [6.07, 6.45) is -0.596. The lowest BCUT2D eigenvalue weighted by atomic mass is 9.69. The maximum Gasteiger partial charge on any atom is 0.244 e. The number of ether oxygens (including phenoxy) is 5. The molecule has 4 saturated heterocycles. The minimum Gasteiger partial charge on any atom is -0.363 e. The molecule has 0 aromatic rings. The predicted molar refractivity (Wildman–Crippen MR) is 126 cm³/mol. The van der Waals surface area contributed by atoms with Gasteiger partial charge >= 0.3 is 0 Å². The highest BCUT2D eigenvalue weighted by molar-refractivity contribution is 7.90. The van der Waals surface area contributed by atoms with Gasteiger partial charge in [-0.25, -0.2) is 12.7 Å². The highest BCUT2D eigenvalue weighted by Crippen LogP contribution is 2.70. The van der Waals surface area contributed by atoms with E-state index in [0.29, 0.717) is 12.3 Å². The normalized spacial score (nSPS) is 49.8. The van der Waals surface area contributed by atoms with Gasteiger partial charge in [-0.2, -0.15) is 0 Å². The molecule has 0 radical (unpaired) electrons. The lowest BCUT2D eigenvalue weighted by Crippen LogP contribution is -2.56. The van der Waals surface area contributed by atoms with Gasteiger partial charge in [0.2, 0.25) is 21.7 Å². The van der Waals surface area contributed by atoms with E-state index >= 15 is 0 Å². The fourth-order valence-corrected chi connectivity index (χ4v) is 10.8. The fraction of sp³-hybridized carbons (Fsp3) is 0.960. The summed E-state index contributed by atoms with van der Waals surface area (Å²) in [4.78, 5) is 14.0. The number of fused-ring (bicyclic) bond motifs is 2. The predicted octanol–water partition coefficient (Wildman–Crippen LogP) is 1.75. The highest BCUT2D eigenvalue weighted by atomic mass is 32.2. The number of amides is 1. The Labute approximate surface area is 213 Å². The van der Waals surface area contributed by atoms with Crippen LogP contribution in [0.1, 0.15) is 67.7 Å². The number of nitrogens with zero attached hydrogens (tertiary/aromatic N) is 1. The Balaban J connectivity index is 1.32. The zero-order valence-electron chi connectivity index (χ0n) is 22.1. The fourth-order valence-electron chi connectivity index (χ4n) is 8.16. The van der Waals surface area contributed by atoms with Crippen molar-refractivity contribution in [1.82, 2.24) is 4.31 Å². The maximum absolute atomic E-state index is 14.0. The molecule has 6 fully saturated rings. The largest absolute Gasteiger partial charge is 0.363 e. The summed E-state index contributed by atoms with van der Waals surface area (Å²) in [5.74, 6) is -5.48. The van der Waals surface area contributed by atoms with Crippen LogP contribution >= 0.6 is 0 Å². The molecule has 0 aromatic carbocycles. The highest BCUT2D eigenvalue weighted by Gasteiger charge is 2.74. The molecule has 0 aromatic heterocycles. The average molecular weight is 530 g/mol. The summed E-state index contributed by atoms with van der Waals surface area (Å²) in [7, 11) is -3.85. The van der Waals surface area contributed by atoms with Gasteiger partial charge in [-0.1, -0.05) is 13.8 Å². The summed E-state index contributed by atoms with van der Waals surface area (Å²) in [6, 6.07) is -0.396. The number of carbonyl (C=O) groups is 1. The van der Waals surface area contributed by atoms with Gasteiger partial charge in [0.05, 0.1) is 24.3 Å². The summed E-state index contributed by atoms with van der Waals surface area (Å²) < 4.78 is 58.1. The molecule has 2 saturated carbocycles. The number of aliphatic hydroxyl groups is 1. The van der Waals surface area contributed by atoms with Crippen LogP contribution in [-0.4, -0.2) is 83.9 Å². The van der Waals surface area contributed by atoms with Gasteiger partial charge in [0.25, 0.3) is 0 Å². The second kappa shape index (κ2) is 7.22. The van der Waals surface area contributed by atoms with Crippen LogP contribution in [-0.2, 0) is 38.5 Å². The van der Waals surface area contributed by atoms with E-state index in [1.807, 2.05) is 0 Å². The average Bonchev–Trinajstić information content (AvgIpc) is 3.50. The van der Waals surface area contributed by atoms with Gasteiger partial charge in [0.1, 0.15) is 24.4 Å². The van der Waals surface area contributed by atoms with E-state index in [9.17, 15) is 18.3 Å². The zero-order chi connectivity index (χ0) is 26.3. The minimum absolute atomic E-state index is 0.0322. The first-order chi connectivity index (χ1) is 16.4. The van der Waals surface area contributed by atoms with Gasteiger partial charge < -0.3 is 28.8 Å². The Morgan fingerprint density at radius 3 is 2.31 bits per heavy atom. The molecule has 4 heterocycles. The van der Waals surface area contributed by atoms with Crippen molar-refractivity contribution in [1.29, 1.82) is 0 Å². The summed E-state index contributed by atoms with van der Waals surface area (Å²) >= 11 is 0. The summed E-state index contributed by atoms with van der Waals surface area (Å²) in [5, 5.41) is 11.9. The minimum atomic E-state index is -3.85. The Morgan fingerprint density at radius 2 is 1.69 bits per heavy atom. The SMILES string of the molecule is C[C@@H](C(=O)N1[C@H]2C[C@@H]3CC[C@@]2(CS1(=O)=O)C3(C)C)[C@]1(O)O[C@H]([C@H]2COC(C)(C)O2)[C@@H]2OC(C)(C)O[C@@H]21. The standard InChI is InChI=1S/C25H39NO9S/c1-13(20(27)26-16-10-14-8-9-24(16,21(14,2)3)12-36(26,29)30)25(28)19-18(33-23(6,7)35-19)17(34-25)15-11-31-22(4,5)32-15/h13-19,28H,8-12H2,1-7H3/t13-,14-,15+,16-,17+,18-,19-,24-,25-/m0/s1. The van der Waals surface area contributed by atoms with E-state index in [-0.39, 0.29) is 17.8 Å². The number of carbonyl (C=O) groups excluding carboxylic acids is 1. The van der Waals surface area contributed by atoms with Crippen LogP contribution < -0.4 is 0 Å². The van der Waals surface area contributed by atoms with Crippen molar-refractivity contribution in [3.05, 3.63) is 0 Å². The molecule has 2 bridgehead atoms. The Kier molecular flexibility index (Phi) is 5.11. The van der Waals surface area contributed by atoms with Crippen LogP contribution in [0.3, 0.4) is 0 Å². The Morgan fingerprint density at radius 1 is 1.00 bits per heavy atom. The van der Waals surface area contributed by atoms with Crippen LogP contribution in [0.5, 0.6) is 0 Å². The molecule has 0 unspecified atom stereocenters. The van der Waals surface area contributed by atoms with Crippen molar-refractivity contribution in [2.75, 3.05) is 12.4 Å².